The lowest BCUT2D eigenvalue weighted by atomic mass is 10.0. The van der Waals surface area contributed by atoms with Crippen molar-refractivity contribution in [3.63, 3.8) is 0 Å². The molecule has 98 valence electrons. The monoisotopic (exact) mass is 251 g/mol. The predicted molar refractivity (Wildman–Crippen MR) is 81.7 cm³/mol. The minimum atomic E-state index is 1.04. The van der Waals surface area contributed by atoms with Gasteiger partial charge in [-0.25, -0.2) is 0 Å². The summed E-state index contributed by atoms with van der Waals surface area (Å²) in [5.74, 6) is 0. The van der Waals surface area contributed by atoms with Crippen molar-refractivity contribution in [2.45, 2.75) is 40.8 Å². The molecule has 1 nitrogen and oxygen atoms in total. The van der Waals surface area contributed by atoms with Crippen molar-refractivity contribution in [3.05, 3.63) is 63.7 Å². The third kappa shape index (κ3) is 2.14. The number of hydrogen-bond donors (Lipinski definition) is 0. The molecule has 3 rings (SSSR count). The van der Waals surface area contributed by atoms with Crippen molar-refractivity contribution in [3.8, 4) is 0 Å². The van der Waals surface area contributed by atoms with Crippen LogP contribution in [0.2, 0.25) is 0 Å². The van der Waals surface area contributed by atoms with Gasteiger partial charge < -0.3 is 4.90 Å². The molecule has 0 saturated heterocycles. The van der Waals surface area contributed by atoms with Gasteiger partial charge in [0.2, 0.25) is 0 Å². The first-order chi connectivity index (χ1) is 9.04. The molecule has 1 heterocycles. The van der Waals surface area contributed by atoms with Gasteiger partial charge in [0.15, 0.2) is 0 Å². The molecule has 0 spiro atoms. The number of rotatable bonds is 1. The number of fused-ring (bicyclic) bond motifs is 1. The molecule has 0 saturated carbocycles. The summed E-state index contributed by atoms with van der Waals surface area (Å²) in [4.78, 5) is 2.47. The number of benzene rings is 2. The quantitative estimate of drug-likeness (QED) is 0.724. The lowest BCUT2D eigenvalue weighted by Crippen LogP contribution is -2.14. The van der Waals surface area contributed by atoms with Gasteiger partial charge in [-0.05, 0) is 73.2 Å². The zero-order chi connectivity index (χ0) is 13.6. The van der Waals surface area contributed by atoms with Crippen LogP contribution in [0.1, 0.15) is 33.4 Å². The number of aryl methyl sites for hydroxylation is 4. The number of hydrogen-bond acceptors (Lipinski definition) is 1. The predicted octanol–water partition coefficient (Wildman–Crippen LogP) is 4.44. The van der Waals surface area contributed by atoms with Crippen LogP contribution in [-0.2, 0) is 13.1 Å². The molecule has 0 amide bonds. The number of nitrogens with zero attached hydrogens (tertiary/aromatic N) is 1. The van der Waals surface area contributed by atoms with Crippen LogP contribution in [0.3, 0.4) is 0 Å². The molecule has 2 aromatic carbocycles. The Kier molecular flexibility index (Phi) is 2.85. The Morgan fingerprint density at radius 3 is 1.74 bits per heavy atom. The van der Waals surface area contributed by atoms with E-state index in [0.717, 1.165) is 13.1 Å². The zero-order valence-electron chi connectivity index (χ0n) is 12.2. The van der Waals surface area contributed by atoms with Crippen LogP contribution in [0.25, 0.3) is 0 Å². The molecule has 2 aromatic rings. The molecular weight excluding hydrogens is 230 g/mol. The highest BCUT2D eigenvalue weighted by atomic mass is 15.1. The molecule has 0 fully saturated rings. The van der Waals surface area contributed by atoms with Crippen molar-refractivity contribution in [1.29, 1.82) is 0 Å². The van der Waals surface area contributed by atoms with Gasteiger partial charge in [0.25, 0.3) is 0 Å². The molecule has 0 radical (unpaired) electrons. The summed E-state index contributed by atoms with van der Waals surface area (Å²) in [6.07, 6.45) is 0. The molecule has 0 N–H and O–H groups in total. The lowest BCUT2D eigenvalue weighted by Gasteiger charge is -2.18. The number of anilines is 1. The molecule has 1 aliphatic rings. The Morgan fingerprint density at radius 1 is 0.684 bits per heavy atom. The van der Waals surface area contributed by atoms with E-state index in [4.69, 9.17) is 0 Å². The first-order valence-electron chi connectivity index (χ1n) is 6.96. The molecule has 1 aliphatic heterocycles. The SMILES string of the molecule is Cc1ccc(N2Cc3cc(C)c(C)cc3C2)cc1C. The highest BCUT2D eigenvalue weighted by Gasteiger charge is 2.20. The third-order valence-corrected chi connectivity index (χ3v) is 4.39. The summed E-state index contributed by atoms with van der Waals surface area (Å²) < 4.78 is 0. The summed E-state index contributed by atoms with van der Waals surface area (Å²) in [7, 11) is 0. The highest BCUT2D eigenvalue weighted by Crippen LogP contribution is 2.30. The van der Waals surface area contributed by atoms with Gasteiger partial charge in [0.05, 0.1) is 0 Å². The smallest absolute Gasteiger partial charge is 0.0436 e. The van der Waals surface area contributed by atoms with Crippen LogP contribution in [0.5, 0.6) is 0 Å². The summed E-state index contributed by atoms with van der Waals surface area (Å²) in [6.45, 7) is 10.8. The Bertz CT molecular complexity index is 609. The van der Waals surface area contributed by atoms with E-state index in [1.165, 1.54) is 39.1 Å². The topological polar surface area (TPSA) is 3.24 Å². The van der Waals surface area contributed by atoms with Crippen LogP contribution in [-0.4, -0.2) is 0 Å². The van der Waals surface area contributed by atoms with Crippen LogP contribution >= 0.6 is 0 Å². The van der Waals surface area contributed by atoms with Crippen LogP contribution in [0, 0.1) is 27.7 Å². The van der Waals surface area contributed by atoms with E-state index in [9.17, 15) is 0 Å². The fourth-order valence-electron chi connectivity index (χ4n) is 2.80. The normalized spacial score (nSPS) is 13.8. The lowest BCUT2D eigenvalue weighted by molar-refractivity contribution is 0.879. The maximum atomic E-state index is 2.47. The van der Waals surface area contributed by atoms with Crippen LogP contribution in [0.4, 0.5) is 5.69 Å². The van der Waals surface area contributed by atoms with Crippen molar-refractivity contribution in [1.82, 2.24) is 0 Å². The molecule has 1 heteroatoms. The van der Waals surface area contributed by atoms with Gasteiger partial charge in [-0.15, -0.1) is 0 Å². The molecule has 0 bridgehead atoms. The average molecular weight is 251 g/mol. The minimum absolute atomic E-state index is 1.04. The third-order valence-electron chi connectivity index (χ3n) is 4.39. The fraction of sp³-hybridized carbons (Fsp3) is 0.333. The first kappa shape index (κ1) is 12.3. The molecule has 0 atom stereocenters. The van der Waals surface area contributed by atoms with E-state index in [2.05, 4.69) is 62.9 Å². The largest absolute Gasteiger partial charge is 0.363 e. The van der Waals surface area contributed by atoms with Crippen LogP contribution in [0.15, 0.2) is 30.3 Å². The molecule has 0 aliphatic carbocycles. The first-order valence-corrected chi connectivity index (χ1v) is 6.96. The van der Waals surface area contributed by atoms with Gasteiger partial charge in [-0.3, -0.25) is 0 Å². The Morgan fingerprint density at radius 2 is 1.21 bits per heavy atom. The highest BCUT2D eigenvalue weighted by molar-refractivity contribution is 5.55. The van der Waals surface area contributed by atoms with Gasteiger partial charge in [0.1, 0.15) is 0 Å². The summed E-state index contributed by atoms with van der Waals surface area (Å²) in [5.41, 5.74) is 9.87. The van der Waals surface area contributed by atoms with E-state index in [1.54, 1.807) is 0 Å². The Hall–Kier alpha value is -1.76. The fourth-order valence-corrected chi connectivity index (χ4v) is 2.80. The second-order valence-electron chi connectivity index (χ2n) is 5.83. The van der Waals surface area contributed by atoms with Crippen molar-refractivity contribution in [2.75, 3.05) is 4.90 Å². The zero-order valence-corrected chi connectivity index (χ0v) is 12.2. The molecule has 19 heavy (non-hydrogen) atoms. The van der Waals surface area contributed by atoms with Crippen molar-refractivity contribution >= 4 is 5.69 Å². The maximum Gasteiger partial charge on any atom is 0.0436 e. The summed E-state index contributed by atoms with van der Waals surface area (Å²) in [5, 5.41) is 0. The molecule has 0 aromatic heterocycles. The Balaban J connectivity index is 1.93. The summed E-state index contributed by atoms with van der Waals surface area (Å²) >= 11 is 0. The van der Waals surface area contributed by atoms with Gasteiger partial charge in [-0.2, -0.15) is 0 Å². The summed E-state index contributed by atoms with van der Waals surface area (Å²) in [6, 6.07) is 11.5. The standard InChI is InChI=1S/C18H21N/c1-12-5-6-18(9-15(12)4)19-10-16-7-13(2)14(3)8-17(16)11-19/h5-9H,10-11H2,1-4H3. The molecular formula is C18H21N. The van der Waals surface area contributed by atoms with Gasteiger partial charge >= 0.3 is 0 Å². The van der Waals surface area contributed by atoms with Gasteiger partial charge in [0, 0.05) is 18.8 Å². The second-order valence-corrected chi connectivity index (χ2v) is 5.83. The second kappa shape index (κ2) is 4.41. The van der Waals surface area contributed by atoms with Crippen molar-refractivity contribution < 1.29 is 0 Å². The van der Waals surface area contributed by atoms with Crippen LogP contribution < -0.4 is 4.90 Å². The van der Waals surface area contributed by atoms with E-state index in [0.29, 0.717) is 0 Å². The van der Waals surface area contributed by atoms with Crippen molar-refractivity contribution in [2.24, 2.45) is 0 Å². The average Bonchev–Trinajstić information content (AvgIpc) is 2.76. The van der Waals surface area contributed by atoms with E-state index in [1.807, 2.05) is 0 Å². The van der Waals surface area contributed by atoms with Gasteiger partial charge in [-0.1, -0.05) is 18.2 Å². The van der Waals surface area contributed by atoms with E-state index in [-0.39, 0.29) is 0 Å². The Labute approximate surface area is 115 Å². The van der Waals surface area contributed by atoms with E-state index >= 15 is 0 Å². The van der Waals surface area contributed by atoms with E-state index < -0.39 is 0 Å². The minimum Gasteiger partial charge on any atom is -0.363 e. The molecule has 0 unspecified atom stereocenters. The maximum absolute atomic E-state index is 2.47.